The molecule has 1 saturated carbocycles. The molecule has 1 aromatic rings. The van der Waals surface area contributed by atoms with Gasteiger partial charge < -0.3 is 10.2 Å². The predicted molar refractivity (Wildman–Crippen MR) is 104 cm³/mol. The Morgan fingerprint density at radius 2 is 1.81 bits per heavy atom. The molecule has 3 rings (SSSR count). The quantitative estimate of drug-likeness (QED) is 0.792. The number of hydrogen-bond donors (Lipinski definition) is 1. The monoisotopic (exact) mass is 399 g/mol. The molecule has 1 N–H and O–H groups in total. The van der Waals surface area contributed by atoms with E-state index in [9.17, 15) is 12.8 Å². The first-order chi connectivity index (χ1) is 12.4. The van der Waals surface area contributed by atoms with E-state index in [1.807, 2.05) is 4.90 Å². The number of halogens is 1. The van der Waals surface area contributed by atoms with Gasteiger partial charge in [-0.15, -0.1) is 0 Å². The van der Waals surface area contributed by atoms with Crippen molar-refractivity contribution in [2.75, 3.05) is 26.2 Å². The van der Waals surface area contributed by atoms with Gasteiger partial charge in [0.2, 0.25) is 10.0 Å². The molecule has 0 radical (unpaired) electrons. The van der Waals surface area contributed by atoms with Crippen LogP contribution in [-0.2, 0) is 10.0 Å². The molecule has 2 fully saturated rings. The number of sulfonamides is 1. The van der Waals surface area contributed by atoms with Crippen LogP contribution in [0.4, 0.5) is 4.39 Å². The second kappa shape index (κ2) is 8.19. The number of rotatable bonds is 3. The molecule has 0 amide bonds. The van der Waals surface area contributed by atoms with Gasteiger partial charge in [0.1, 0.15) is 10.7 Å². The Morgan fingerprint density at radius 1 is 1.15 bits per heavy atom. The molecule has 1 saturated heterocycles. The molecule has 0 bridgehead atoms. The number of nitrogens with zero attached hydrogens (tertiary/aromatic N) is 2. The molecular formula is C18H26FN3O2S2. The molecule has 1 heterocycles. The summed E-state index contributed by atoms with van der Waals surface area (Å²) in [5.74, 6) is -0.108. The third-order valence-electron chi connectivity index (χ3n) is 5.40. The van der Waals surface area contributed by atoms with Crippen LogP contribution in [0.5, 0.6) is 0 Å². The zero-order valence-electron chi connectivity index (χ0n) is 15.0. The maximum atomic E-state index is 13.9. The number of piperazine rings is 1. The first-order valence-corrected chi connectivity index (χ1v) is 11.0. The topological polar surface area (TPSA) is 52.6 Å². The van der Waals surface area contributed by atoms with E-state index in [1.165, 1.54) is 47.8 Å². The van der Waals surface area contributed by atoms with Crippen molar-refractivity contribution in [2.45, 2.75) is 43.5 Å². The molecule has 144 valence electrons. The highest BCUT2D eigenvalue weighted by Gasteiger charge is 2.31. The van der Waals surface area contributed by atoms with Crippen LogP contribution in [0, 0.1) is 11.7 Å². The van der Waals surface area contributed by atoms with Crippen molar-refractivity contribution >= 4 is 27.4 Å². The van der Waals surface area contributed by atoms with E-state index in [0.717, 1.165) is 6.42 Å². The lowest BCUT2D eigenvalue weighted by Gasteiger charge is -2.38. The predicted octanol–water partition coefficient (Wildman–Crippen LogP) is 2.59. The van der Waals surface area contributed by atoms with E-state index >= 15 is 0 Å². The number of benzene rings is 1. The SMILES string of the molecule is C[C@H]1CCCC[C@H]1NC(=S)N1CCN(S(=O)(=O)c2ccccc2F)CC1. The molecule has 5 nitrogen and oxygen atoms in total. The van der Waals surface area contributed by atoms with Crippen molar-refractivity contribution in [3.63, 3.8) is 0 Å². The van der Waals surface area contributed by atoms with Crippen molar-refractivity contribution in [3.8, 4) is 0 Å². The standard InChI is InChI=1S/C18H26FN3O2S2/c1-14-6-2-4-8-16(14)20-18(25)21-10-12-22(13-11-21)26(23,24)17-9-5-3-7-15(17)19/h3,5,7,9,14,16H,2,4,6,8,10-13H2,1H3,(H,20,25)/t14-,16+/m0/s1. The van der Waals surface area contributed by atoms with Gasteiger partial charge in [0.05, 0.1) is 0 Å². The van der Waals surface area contributed by atoms with Crippen molar-refractivity contribution in [3.05, 3.63) is 30.1 Å². The number of nitrogens with one attached hydrogen (secondary N) is 1. The zero-order valence-corrected chi connectivity index (χ0v) is 16.7. The van der Waals surface area contributed by atoms with E-state index < -0.39 is 15.8 Å². The molecule has 2 atom stereocenters. The second-order valence-corrected chi connectivity index (χ2v) is 9.43. The minimum Gasteiger partial charge on any atom is -0.360 e. The van der Waals surface area contributed by atoms with Crippen LogP contribution in [0.15, 0.2) is 29.2 Å². The maximum absolute atomic E-state index is 13.9. The largest absolute Gasteiger partial charge is 0.360 e. The van der Waals surface area contributed by atoms with Gasteiger partial charge in [-0.05, 0) is 43.1 Å². The Bertz CT molecular complexity index is 749. The van der Waals surface area contributed by atoms with Gasteiger partial charge in [-0.1, -0.05) is 31.9 Å². The Balaban J connectivity index is 1.58. The van der Waals surface area contributed by atoms with E-state index in [1.54, 1.807) is 0 Å². The molecule has 0 aromatic heterocycles. The molecule has 0 spiro atoms. The van der Waals surface area contributed by atoms with Gasteiger partial charge in [-0.25, -0.2) is 12.8 Å². The van der Waals surface area contributed by atoms with Gasteiger partial charge in [0, 0.05) is 32.2 Å². The van der Waals surface area contributed by atoms with Crippen LogP contribution in [0.3, 0.4) is 0 Å². The molecule has 1 aromatic carbocycles. The third kappa shape index (κ3) is 4.18. The van der Waals surface area contributed by atoms with Crippen molar-refractivity contribution in [1.82, 2.24) is 14.5 Å². The number of thiocarbonyl (C=S) groups is 1. The third-order valence-corrected chi connectivity index (χ3v) is 7.71. The van der Waals surface area contributed by atoms with E-state index in [2.05, 4.69) is 12.2 Å². The van der Waals surface area contributed by atoms with Gasteiger partial charge >= 0.3 is 0 Å². The molecule has 0 unspecified atom stereocenters. The normalized spacial score (nSPS) is 25.1. The highest BCUT2D eigenvalue weighted by molar-refractivity contribution is 7.89. The lowest BCUT2D eigenvalue weighted by molar-refractivity contribution is 0.251. The van der Waals surface area contributed by atoms with Crippen molar-refractivity contribution in [1.29, 1.82) is 0 Å². The lowest BCUT2D eigenvalue weighted by Crippen LogP contribution is -2.55. The highest BCUT2D eigenvalue weighted by Crippen LogP contribution is 2.24. The van der Waals surface area contributed by atoms with E-state index in [4.69, 9.17) is 12.2 Å². The van der Waals surface area contributed by atoms with Crippen LogP contribution < -0.4 is 5.32 Å². The van der Waals surface area contributed by atoms with Crippen molar-refractivity contribution in [2.24, 2.45) is 5.92 Å². The van der Waals surface area contributed by atoms with Crippen molar-refractivity contribution < 1.29 is 12.8 Å². The smallest absolute Gasteiger partial charge is 0.246 e. The van der Waals surface area contributed by atoms with E-state index in [0.29, 0.717) is 43.3 Å². The molecule has 1 aliphatic heterocycles. The molecule has 26 heavy (non-hydrogen) atoms. The maximum Gasteiger partial charge on any atom is 0.246 e. The lowest BCUT2D eigenvalue weighted by atomic mass is 9.86. The fraction of sp³-hybridized carbons (Fsp3) is 0.611. The van der Waals surface area contributed by atoms with Gasteiger partial charge in [0.25, 0.3) is 0 Å². The molecular weight excluding hydrogens is 373 g/mol. The molecule has 2 aliphatic rings. The van der Waals surface area contributed by atoms with Crippen LogP contribution >= 0.6 is 12.2 Å². The summed E-state index contributed by atoms with van der Waals surface area (Å²) in [5.41, 5.74) is 0. The fourth-order valence-electron chi connectivity index (χ4n) is 3.71. The van der Waals surface area contributed by atoms with Gasteiger partial charge in [0.15, 0.2) is 5.11 Å². The Labute approximate surface area is 160 Å². The highest BCUT2D eigenvalue weighted by atomic mass is 32.2. The summed E-state index contributed by atoms with van der Waals surface area (Å²) in [4.78, 5) is 1.76. The molecule has 1 aliphatic carbocycles. The summed E-state index contributed by atoms with van der Waals surface area (Å²) in [6, 6.07) is 5.91. The van der Waals surface area contributed by atoms with E-state index in [-0.39, 0.29) is 4.90 Å². The summed E-state index contributed by atoms with van der Waals surface area (Å²) >= 11 is 5.54. The summed E-state index contributed by atoms with van der Waals surface area (Å²) < 4.78 is 40.6. The number of hydrogen-bond acceptors (Lipinski definition) is 3. The second-order valence-electron chi connectivity index (χ2n) is 7.14. The average Bonchev–Trinajstić information content (AvgIpc) is 2.64. The Kier molecular flexibility index (Phi) is 6.14. The van der Waals surface area contributed by atoms with Crippen LogP contribution in [-0.4, -0.2) is 55.0 Å². The van der Waals surface area contributed by atoms with Crippen LogP contribution in [0.25, 0.3) is 0 Å². The van der Waals surface area contributed by atoms with Crippen LogP contribution in [0.2, 0.25) is 0 Å². The summed E-state index contributed by atoms with van der Waals surface area (Å²) in [6.45, 7) is 3.89. The summed E-state index contributed by atoms with van der Waals surface area (Å²) in [5, 5.41) is 4.16. The Hall–Kier alpha value is -1.25. The van der Waals surface area contributed by atoms with Gasteiger partial charge in [-0.2, -0.15) is 4.31 Å². The van der Waals surface area contributed by atoms with Gasteiger partial charge in [-0.3, -0.25) is 0 Å². The van der Waals surface area contributed by atoms with Crippen LogP contribution in [0.1, 0.15) is 32.6 Å². The Morgan fingerprint density at radius 3 is 2.46 bits per heavy atom. The minimum atomic E-state index is -3.81. The first kappa shape index (κ1) is 19.5. The minimum absolute atomic E-state index is 0.259. The zero-order chi connectivity index (χ0) is 18.7. The summed E-state index contributed by atoms with van der Waals surface area (Å²) in [6.07, 6.45) is 4.84. The average molecular weight is 400 g/mol. The fourth-order valence-corrected chi connectivity index (χ4v) is 5.53. The first-order valence-electron chi connectivity index (χ1n) is 9.19. The molecule has 8 heteroatoms. The summed E-state index contributed by atoms with van der Waals surface area (Å²) in [7, 11) is -3.81.